The number of aromatic nitrogens is 2. The first kappa shape index (κ1) is 16.0. The molecule has 0 spiro atoms. The summed E-state index contributed by atoms with van der Waals surface area (Å²) in [6.45, 7) is 5.58. The van der Waals surface area contributed by atoms with Gasteiger partial charge in [0.15, 0.2) is 0 Å². The minimum absolute atomic E-state index is 0.0603. The first-order chi connectivity index (χ1) is 11.2. The number of benzene rings is 1. The van der Waals surface area contributed by atoms with E-state index in [1.165, 1.54) is 0 Å². The monoisotopic (exact) mass is 316 g/mol. The van der Waals surface area contributed by atoms with Gasteiger partial charge in [0.05, 0.1) is 11.0 Å². The molecule has 1 aliphatic rings. The Morgan fingerprint density at radius 3 is 3.22 bits per heavy atom. The summed E-state index contributed by atoms with van der Waals surface area (Å²) in [6, 6.07) is 5.51. The number of carbonyl (C=O) groups is 1. The van der Waals surface area contributed by atoms with Crippen LogP contribution < -0.4 is 5.32 Å². The highest BCUT2D eigenvalue weighted by molar-refractivity contribution is 5.97. The van der Waals surface area contributed by atoms with E-state index in [-0.39, 0.29) is 12.5 Å². The number of aryl methyl sites for hydroxylation is 1. The van der Waals surface area contributed by atoms with E-state index in [9.17, 15) is 9.90 Å². The summed E-state index contributed by atoms with van der Waals surface area (Å²) in [7, 11) is 0. The maximum absolute atomic E-state index is 12.3. The van der Waals surface area contributed by atoms with E-state index in [1.54, 1.807) is 6.07 Å². The number of hydrogen-bond acceptors (Lipinski definition) is 4. The van der Waals surface area contributed by atoms with Gasteiger partial charge in [-0.05, 0) is 50.4 Å². The fourth-order valence-corrected chi connectivity index (χ4v) is 3.21. The van der Waals surface area contributed by atoms with E-state index in [1.807, 2.05) is 19.1 Å². The minimum atomic E-state index is -0.0603. The summed E-state index contributed by atoms with van der Waals surface area (Å²) in [5, 5.41) is 12.2. The topological polar surface area (TPSA) is 81.2 Å². The number of piperidine rings is 1. The number of aromatic amines is 1. The zero-order valence-corrected chi connectivity index (χ0v) is 13.5. The number of fused-ring (bicyclic) bond motifs is 1. The highest BCUT2D eigenvalue weighted by Crippen LogP contribution is 2.15. The summed E-state index contributed by atoms with van der Waals surface area (Å²) in [5.74, 6) is 1.17. The lowest BCUT2D eigenvalue weighted by atomic mass is 9.99. The predicted molar refractivity (Wildman–Crippen MR) is 89.4 cm³/mol. The second kappa shape index (κ2) is 7.10. The molecule has 1 aromatic carbocycles. The SMILES string of the molecule is Cc1nc2ccc(C(=O)NCCN3CCC[C@@H](CO)C3)cc2[nH]1. The highest BCUT2D eigenvalue weighted by Gasteiger charge is 2.18. The molecule has 2 heterocycles. The Morgan fingerprint density at radius 1 is 1.52 bits per heavy atom. The van der Waals surface area contributed by atoms with Crippen LogP contribution >= 0.6 is 0 Å². The van der Waals surface area contributed by atoms with Crippen molar-refractivity contribution in [2.75, 3.05) is 32.8 Å². The Hall–Kier alpha value is -1.92. The van der Waals surface area contributed by atoms with Gasteiger partial charge in [-0.2, -0.15) is 0 Å². The number of H-pyrrole nitrogens is 1. The van der Waals surface area contributed by atoms with Crippen molar-refractivity contribution in [3.05, 3.63) is 29.6 Å². The molecule has 1 amide bonds. The van der Waals surface area contributed by atoms with E-state index in [0.717, 1.165) is 49.3 Å². The van der Waals surface area contributed by atoms with Crippen molar-refractivity contribution in [3.8, 4) is 0 Å². The molecule has 0 saturated carbocycles. The number of nitrogens with zero attached hydrogens (tertiary/aromatic N) is 2. The van der Waals surface area contributed by atoms with E-state index in [2.05, 4.69) is 20.2 Å². The molecule has 124 valence electrons. The van der Waals surface area contributed by atoms with Crippen LogP contribution in [0.1, 0.15) is 29.0 Å². The van der Waals surface area contributed by atoms with E-state index in [4.69, 9.17) is 0 Å². The van der Waals surface area contributed by atoms with Crippen LogP contribution in [0.25, 0.3) is 11.0 Å². The summed E-state index contributed by atoms with van der Waals surface area (Å²) in [5.41, 5.74) is 2.41. The van der Waals surface area contributed by atoms with Crippen molar-refractivity contribution >= 4 is 16.9 Å². The van der Waals surface area contributed by atoms with Gasteiger partial charge < -0.3 is 20.3 Å². The Balaban J connectivity index is 1.52. The van der Waals surface area contributed by atoms with Gasteiger partial charge in [0.1, 0.15) is 5.82 Å². The van der Waals surface area contributed by atoms with Crippen LogP contribution in [0.4, 0.5) is 0 Å². The van der Waals surface area contributed by atoms with E-state index >= 15 is 0 Å². The molecule has 1 aromatic heterocycles. The van der Waals surface area contributed by atoms with E-state index < -0.39 is 0 Å². The third-order valence-corrected chi connectivity index (χ3v) is 4.44. The number of likely N-dealkylation sites (tertiary alicyclic amines) is 1. The Labute approximate surface area is 135 Å². The van der Waals surface area contributed by atoms with Crippen LogP contribution in [0.15, 0.2) is 18.2 Å². The van der Waals surface area contributed by atoms with Crippen molar-refractivity contribution < 1.29 is 9.90 Å². The highest BCUT2D eigenvalue weighted by atomic mass is 16.3. The average Bonchev–Trinajstić information content (AvgIpc) is 2.94. The largest absolute Gasteiger partial charge is 0.396 e. The average molecular weight is 316 g/mol. The lowest BCUT2D eigenvalue weighted by Gasteiger charge is -2.31. The maximum Gasteiger partial charge on any atom is 0.251 e. The summed E-state index contributed by atoms with van der Waals surface area (Å²) in [4.78, 5) is 22.1. The molecule has 1 fully saturated rings. The van der Waals surface area contributed by atoms with Crippen LogP contribution in [-0.2, 0) is 0 Å². The second-order valence-electron chi connectivity index (χ2n) is 6.30. The van der Waals surface area contributed by atoms with Crippen LogP contribution in [0.3, 0.4) is 0 Å². The molecule has 23 heavy (non-hydrogen) atoms. The quantitative estimate of drug-likeness (QED) is 0.777. The van der Waals surface area contributed by atoms with Crippen LogP contribution in [0.2, 0.25) is 0 Å². The van der Waals surface area contributed by atoms with Gasteiger partial charge in [0.25, 0.3) is 5.91 Å². The standard InChI is InChI=1S/C17H24N4O2/c1-12-19-15-5-4-14(9-16(15)20-12)17(23)18-6-8-21-7-2-3-13(10-21)11-22/h4-5,9,13,22H,2-3,6-8,10-11H2,1H3,(H,18,23)(H,19,20)/t13-/m1/s1. The maximum atomic E-state index is 12.3. The number of nitrogens with one attached hydrogen (secondary N) is 2. The molecule has 0 radical (unpaired) electrons. The van der Waals surface area contributed by atoms with Crippen molar-refractivity contribution in [2.45, 2.75) is 19.8 Å². The molecule has 6 heteroatoms. The van der Waals surface area contributed by atoms with Gasteiger partial charge in [-0.3, -0.25) is 4.79 Å². The van der Waals surface area contributed by atoms with Crippen LogP contribution in [-0.4, -0.2) is 58.7 Å². The molecule has 0 bridgehead atoms. The lowest BCUT2D eigenvalue weighted by molar-refractivity contribution is 0.0931. The van der Waals surface area contributed by atoms with Crippen molar-refractivity contribution in [3.63, 3.8) is 0 Å². The molecule has 0 unspecified atom stereocenters. The zero-order valence-electron chi connectivity index (χ0n) is 13.5. The fraction of sp³-hybridized carbons (Fsp3) is 0.529. The van der Waals surface area contributed by atoms with Gasteiger partial charge in [0.2, 0.25) is 0 Å². The molecule has 3 rings (SSSR count). The van der Waals surface area contributed by atoms with Gasteiger partial charge in [-0.25, -0.2) is 4.98 Å². The minimum Gasteiger partial charge on any atom is -0.396 e. The molecule has 3 N–H and O–H groups in total. The third-order valence-electron chi connectivity index (χ3n) is 4.44. The molecule has 6 nitrogen and oxygen atoms in total. The van der Waals surface area contributed by atoms with Crippen molar-refractivity contribution in [2.24, 2.45) is 5.92 Å². The van der Waals surface area contributed by atoms with Crippen LogP contribution in [0.5, 0.6) is 0 Å². The molecule has 0 aliphatic carbocycles. The van der Waals surface area contributed by atoms with Gasteiger partial charge in [0, 0.05) is 31.8 Å². The predicted octanol–water partition coefficient (Wildman–Crippen LogP) is 1.31. The third kappa shape index (κ3) is 3.89. The number of imidazole rings is 1. The number of carbonyl (C=O) groups excluding carboxylic acids is 1. The second-order valence-corrected chi connectivity index (χ2v) is 6.30. The number of rotatable bonds is 5. The molecule has 1 atom stereocenters. The summed E-state index contributed by atoms with van der Waals surface area (Å²) in [6.07, 6.45) is 2.22. The zero-order chi connectivity index (χ0) is 16.2. The first-order valence-electron chi connectivity index (χ1n) is 8.23. The first-order valence-corrected chi connectivity index (χ1v) is 8.23. The number of aliphatic hydroxyl groups is 1. The van der Waals surface area contributed by atoms with Gasteiger partial charge in [-0.1, -0.05) is 0 Å². The Bertz CT molecular complexity index is 682. The Kier molecular flexibility index (Phi) is 4.93. The smallest absolute Gasteiger partial charge is 0.251 e. The lowest BCUT2D eigenvalue weighted by Crippen LogP contribution is -2.41. The van der Waals surface area contributed by atoms with Crippen molar-refractivity contribution in [1.29, 1.82) is 0 Å². The van der Waals surface area contributed by atoms with E-state index in [0.29, 0.717) is 18.0 Å². The Morgan fingerprint density at radius 2 is 2.39 bits per heavy atom. The van der Waals surface area contributed by atoms with Gasteiger partial charge in [-0.15, -0.1) is 0 Å². The van der Waals surface area contributed by atoms with Crippen LogP contribution in [0, 0.1) is 12.8 Å². The summed E-state index contributed by atoms with van der Waals surface area (Å²) < 4.78 is 0. The molecular formula is C17H24N4O2. The van der Waals surface area contributed by atoms with Gasteiger partial charge >= 0.3 is 0 Å². The molecule has 1 aliphatic heterocycles. The number of amides is 1. The number of aliphatic hydroxyl groups excluding tert-OH is 1. The number of hydrogen-bond donors (Lipinski definition) is 3. The molecule has 2 aromatic rings. The molecule has 1 saturated heterocycles. The molecular weight excluding hydrogens is 292 g/mol. The normalized spacial score (nSPS) is 19.1. The summed E-state index contributed by atoms with van der Waals surface area (Å²) >= 11 is 0. The van der Waals surface area contributed by atoms with Crippen molar-refractivity contribution in [1.82, 2.24) is 20.2 Å². The fourth-order valence-electron chi connectivity index (χ4n) is 3.21.